The van der Waals surface area contributed by atoms with Gasteiger partial charge in [-0.15, -0.1) is 0 Å². The molecule has 2 aliphatic rings. The Morgan fingerprint density at radius 3 is 1.72 bits per heavy atom. The highest BCUT2D eigenvalue weighted by Gasteiger charge is 2.53. The number of anilines is 3. The average Bonchev–Trinajstić information content (AvgIpc) is 3.70. The van der Waals surface area contributed by atoms with E-state index in [9.17, 15) is 0 Å². The summed E-state index contributed by atoms with van der Waals surface area (Å²) in [4.78, 5) is 0. The number of benzene rings is 9. The van der Waals surface area contributed by atoms with E-state index in [4.69, 9.17) is 5.73 Å². The minimum Gasteiger partial charge on any atom is -0.397 e. The summed E-state index contributed by atoms with van der Waals surface area (Å²) in [5, 5.41) is 8.63. The van der Waals surface area contributed by atoms with Gasteiger partial charge in [0.2, 0.25) is 0 Å². The standard InChI is InChI=1S/C45H30N2.C7H8/c46-41-19-9-10-20-42(41)47-30-24-21-29(22-25-30)37-27-40-43(35-16-4-3-13-32(35)37)36-26-23-28-11-1-2-12-31(28)44(36)45(40)38-17-7-5-14-33(38)34-15-6-8-18-39(34)45;1-7-5-3-2-4-6-7/h1-27,47H,46H2;2-6H,1H3. The number of nitrogens with one attached hydrogen (secondary N) is 1. The fourth-order valence-corrected chi connectivity index (χ4v) is 9.05. The first-order chi connectivity index (χ1) is 26.6. The van der Waals surface area contributed by atoms with E-state index >= 15 is 0 Å². The van der Waals surface area contributed by atoms with Crippen LogP contribution in [0.4, 0.5) is 17.1 Å². The van der Waals surface area contributed by atoms with Crippen molar-refractivity contribution in [1.29, 1.82) is 0 Å². The molecule has 9 aromatic carbocycles. The molecule has 0 saturated heterocycles. The van der Waals surface area contributed by atoms with Crippen LogP contribution < -0.4 is 11.1 Å². The number of nitrogen functional groups attached to an aromatic ring is 1. The molecule has 0 unspecified atom stereocenters. The van der Waals surface area contributed by atoms with Crippen molar-refractivity contribution in [1.82, 2.24) is 0 Å². The van der Waals surface area contributed by atoms with Crippen molar-refractivity contribution >= 4 is 38.6 Å². The first-order valence-electron chi connectivity index (χ1n) is 18.6. The Kier molecular flexibility index (Phi) is 7.45. The van der Waals surface area contributed by atoms with E-state index in [2.05, 4.69) is 164 Å². The molecule has 0 fully saturated rings. The molecule has 0 aromatic heterocycles. The lowest BCUT2D eigenvalue weighted by atomic mass is 9.69. The minimum absolute atomic E-state index is 0.441. The molecule has 54 heavy (non-hydrogen) atoms. The molecule has 0 atom stereocenters. The summed E-state index contributed by atoms with van der Waals surface area (Å²) in [6, 6.07) is 70.1. The predicted octanol–water partition coefficient (Wildman–Crippen LogP) is 13.3. The third kappa shape index (κ3) is 4.81. The third-order valence-electron chi connectivity index (χ3n) is 11.4. The zero-order chi connectivity index (χ0) is 36.2. The molecule has 0 saturated carbocycles. The summed E-state index contributed by atoms with van der Waals surface area (Å²) in [5.41, 5.74) is 23.0. The maximum absolute atomic E-state index is 6.24. The number of rotatable bonds is 3. The SMILES string of the molecule is Cc1ccccc1.Nc1ccccc1Nc1ccc(-c2cc3c(c4ccccc24)-c2ccc4ccccc4c2C32c3ccccc3-c3ccccc32)cc1. The highest BCUT2D eigenvalue weighted by molar-refractivity contribution is 6.14. The van der Waals surface area contributed by atoms with E-state index in [1.807, 2.05) is 42.5 Å². The van der Waals surface area contributed by atoms with Gasteiger partial charge in [-0.05, 0) is 114 Å². The normalized spacial score (nSPS) is 12.8. The van der Waals surface area contributed by atoms with E-state index in [1.54, 1.807) is 0 Å². The van der Waals surface area contributed by atoms with Crippen LogP contribution in [0.15, 0.2) is 194 Å². The Morgan fingerprint density at radius 2 is 1.04 bits per heavy atom. The van der Waals surface area contributed by atoms with Crippen LogP contribution in [0.5, 0.6) is 0 Å². The Hall–Kier alpha value is -6.90. The van der Waals surface area contributed by atoms with E-state index in [0.717, 1.165) is 17.1 Å². The summed E-state index contributed by atoms with van der Waals surface area (Å²) < 4.78 is 0. The Morgan fingerprint density at radius 1 is 0.444 bits per heavy atom. The molecule has 1 spiro atoms. The second-order valence-electron chi connectivity index (χ2n) is 14.4. The monoisotopic (exact) mass is 690 g/mol. The number of nitrogens with two attached hydrogens (primary N) is 1. The smallest absolute Gasteiger partial charge is 0.0731 e. The summed E-state index contributed by atoms with van der Waals surface area (Å²) in [5.74, 6) is 0. The fraction of sp³-hybridized carbons (Fsp3) is 0.0385. The molecular weight excluding hydrogens is 653 g/mol. The van der Waals surface area contributed by atoms with Crippen LogP contribution in [0.1, 0.15) is 27.8 Å². The molecule has 2 aliphatic carbocycles. The number of hydrogen-bond acceptors (Lipinski definition) is 2. The van der Waals surface area contributed by atoms with Crippen molar-refractivity contribution < 1.29 is 0 Å². The van der Waals surface area contributed by atoms with E-state index in [0.29, 0.717) is 0 Å². The van der Waals surface area contributed by atoms with Gasteiger partial charge in [0.25, 0.3) is 0 Å². The third-order valence-corrected chi connectivity index (χ3v) is 11.4. The van der Waals surface area contributed by atoms with Crippen molar-refractivity contribution in [3.8, 4) is 33.4 Å². The van der Waals surface area contributed by atoms with Crippen molar-refractivity contribution in [2.45, 2.75) is 12.3 Å². The van der Waals surface area contributed by atoms with Crippen molar-refractivity contribution in [3.63, 3.8) is 0 Å². The average molecular weight is 691 g/mol. The molecule has 0 bridgehead atoms. The molecule has 3 N–H and O–H groups in total. The van der Waals surface area contributed by atoms with Crippen LogP contribution in [0, 0.1) is 6.92 Å². The molecule has 0 aliphatic heterocycles. The molecule has 256 valence electrons. The van der Waals surface area contributed by atoms with Gasteiger partial charge in [0.15, 0.2) is 0 Å². The topological polar surface area (TPSA) is 38.0 Å². The van der Waals surface area contributed by atoms with Crippen molar-refractivity contribution in [2.24, 2.45) is 0 Å². The fourth-order valence-electron chi connectivity index (χ4n) is 9.05. The van der Waals surface area contributed by atoms with Crippen LogP contribution in [-0.4, -0.2) is 0 Å². The molecule has 0 heterocycles. The van der Waals surface area contributed by atoms with Gasteiger partial charge in [-0.2, -0.15) is 0 Å². The van der Waals surface area contributed by atoms with Gasteiger partial charge in [-0.3, -0.25) is 0 Å². The number of aryl methyl sites for hydroxylation is 1. The minimum atomic E-state index is -0.441. The number of para-hydroxylation sites is 2. The van der Waals surface area contributed by atoms with E-state index in [-0.39, 0.29) is 0 Å². The molecule has 2 nitrogen and oxygen atoms in total. The van der Waals surface area contributed by atoms with Crippen molar-refractivity contribution in [3.05, 3.63) is 222 Å². The van der Waals surface area contributed by atoms with Gasteiger partial charge in [0.05, 0.1) is 16.8 Å². The van der Waals surface area contributed by atoms with Crippen LogP contribution in [0.25, 0.3) is 54.9 Å². The van der Waals surface area contributed by atoms with Crippen molar-refractivity contribution in [2.75, 3.05) is 11.1 Å². The second kappa shape index (κ2) is 12.6. The van der Waals surface area contributed by atoms with Crippen LogP contribution in [0.3, 0.4) is 0 Å². The zero-order valence-electron chi connectivity index (χ0n) is 30.1. The molecule has 0 radical (unpaired) electrons. The second-order valence-corrected chi connectivity index (χ2v) is 14.4. The maximum Gasteiger partial charge on any atom is 0.0731 e. The van der Waals surface area contributed by atoms with Crippen LogP contribution in [-0.2, 0) is 5.41 Å². The zero-order valence-corrected chi connectivity index (χ0v) is 30.1. The van der Waals surface area contributed by atoms with Crippen LogP contribution >= 0.6 is 0 Å². The molecule has 2 heteroatoms. The maximum atomic E-state index is 6.24. The van der Waals surface area contributed by atoms with Crippen LogP contribution in [0.2, 0.25) is 0 Å². The lowest BCUT2D eigenvalue weighted by Gasteiger charge is -2.32. The highest BCUT2D eigenvalue weighted by Crippen LogP contribution is 2.65. The van der Waals surface area contributed by atoms with Gasteiger partial charge in [-0.1, -0.05) is 169 Å². The van der Waals surface area contributed by atoms with Gasteiger partial charge in [-0.25, -0.2) is 0 Å². The predicted molar refractivity (Wildman–Crippen MR) is 229 cm³/mol. The quantitative estimate of drug-likeness (QED) is 0.181. The Bertz CT molecular complexity index is 2820. The summed E-state index contributed by atoms with van der Waals surface area (Å²) in [7, 11) is 0. The highest BCUT2D eigenvalue weighted by atomic mass is 14.9. The molecular formula is C52H38N2. The number of fused-ring (bicyclic) bond motifs is 14. The molecule has 0 amide bonds. The number of hydrogen-bond donors (Lipinski definition) is 2. The summed E-state index contributed by atoms with van der Waals surface area (Å²) in [6.07, 6.45) is 0. The van der Waals surface area contributed by atoms with Gasteiger partial charge >= 0.3 is 0 Å². The van der Waals surface area contributed by atoms with E-state index in [1.165, 1.54) is 82.7 Å². The lowest BCUT2D eigenvalue weighted by molar-refractivity contribution is 0.802. The summed E-state index contributed by atoms with van der Waals surface area (Å²) >= 11 is 0. The molecule has 11 rings (SSSR count). The first kappa shape index (κ1) is 31.8. The van der Waals surface area contributed by atoms with Gasteiger partial charge in [0, 0.05) is 5.69 Å². The van der Waals surface area contributed by atoms with Gasteiger partial charge in [0.1, 0.15) is 0 Å². The lowest BCUT2D eigenvalue weighted by Crippen LogP contribution is -2.26. The van der Waals surface area contributed by atoms with E-state index < -0.39 is 5.41 Å². The molecule has 9 aromatic rings. The Balaban J connectivity index is 0.000000467. The summed E-state index contributed by atoms with van der Waals surface area (Å²) in [6.45, 7) is 2.08. The first-order valence-corrected chi connectivity index (χ1v) is 18.6. The Labute approximate surface area is 316 Å². The van der Waals surface area contributed by atoms with Gasteiger partial charge < -0.3 is 11.1 Å². The largest absolute Gasteiger partial charge is 0.397 e.